The highest BCUT2D eigenvalue weighted by molar-refractivity contribution is 5.64. The third-order valence-corrected chi connectivity index (χ3v) is 5.67. The molecule has 2 saturated heterocycles. The summed E-state index contributed by atoms with van der Waals surface area (Å²) in [5, 5.41) is 3.51. The molecule has 1 N–H and O–H groups in total. The molecule has 5 heteroatoms. The van der Waals surface area contributed by atoms with Gasteiger partial charge in [-0.15, -0.1) is 0 Å². The molecule has 144 valence electrons. The Bertz CT molecular complexity index is 730. The van der Waals surface area contributed by atoms with Crippen LogP contribution in [0.3, 0.4) is 0 Å². The highest BCUT2D eigenvalue weighted by Crippen LogP contribution is 2.28. The van der Waals surface area contributed by atoms with Crippen molar-refractivity contribution in [3.05, 3.63) is 36.4 Å². The topological polar surface area (TPSA) is 50.3 Å². The van der Waals surface area contributed by atoms with Crippen LogP contribution >= 0.6 is 0 Å². The molecule has 2 aliphatic heterocycles. The Hall–Kier alpha value is -2.14. The summed E-state index contributed by atoms with van der Waals surface area (Å²) >= 11 is 0. The first-order valence-electron chi connectivity index (χ1n) is 10.4. The van der Waals surface area contributed by atoms with E-state index < -0.39 is 0 Å². The van der Waals surface area contributed by atoms with Gasteiger partial charge in [-0.1, -0.05) is 37.3 Å². The smallest absolute Gasteiger partial charge is 0.228 e. The lowest BCUT2D eigenvalue weighted by atomic mass is 10.0. The minimum atomic E-state index is 0.293. The van der Waals surface area contributed by atoms with E-state index in [1.54, 1.807) is 0 Å². The largest absolute Gasteiger partial charge is 0.376 e. The summed E-state index contributed by atoms with van der Waals surface area (Å²) in [7, 11) is 0. The van der Waals surface area contributed by atoms with Crippen LogP contribution in [-0.2, 0) is 4.74 Å². The fourth-order valence-electron chi connectivity index (χ4n) is 4.12. The van der Waals surface area contributed by atoms with Crippen molar-refractivity contribution in [1.82, 2.24) is 9.97 Å². The number of nitrogens with one attached hydrogen (secondary N) is 1. The number of anilines is 2. The van der Waals surface area contributed by atoms with Crippen LogP contribution in [0, 0.1) is 0 Å². The molecule has 1 aromatic carbocycles. The van der Waals surface area contributed by atoms with Gasteiger partial charge in [0.2, 0.25) is 5.95 Å². The third-order valence-electron chi connectivity index (χ3n) is 5.67. The van der Waals surface area contributed by atoms with Crippen LogP contribution < -0.4 is 10.2 Å². The molecule has 2 aliphatic rings. The van der Waals surface area contributed by atoms with E-state index in [0.717, 1.165) is 62.0 Å². The standard InChI is InChI=1S/C22H30N4O/c1-2-18-11-6-7-13-26(18)22-24-20(17-9-4-3-5-10-17)15-21(25-22)23-16-19-12-8-14-27-19/h3-5,9-10,15,18-19H,2,6-8,11-14,16H2,1H3,(H,23,24,25). The summed E-state index contributed by atoms with van der Waals surface area (Å²) in [4.78, 5) is 12.2. The van der Waals surface area contributed by atoms with Gasteiger partial charge in [0.1, 0.15) is 5.82 Å². The average Bonchev–Trinajstić information content (AvgIpc) is 3.26. The number of aromatic nitrogens is 2. The molecule has 2 atom stereocenters. The van der Waals surface area contributed by atoms with Gasteiger partial charge in [0.05, 0.1) is 11.8 Å². The van der Waals surface area contributed by atoms with Gasteiger partial charge in [0, 0.05) is 37.4 Å². The summed E-state index contributed by atoms with van der Waals surface area (Å²) in [6, 6.07) is 13.0. The third kappa shape index (κ3) is 4.41. The van der Waals surface area contributed by atoms with Crippen LogP contribution in [0.4, 0.5) is 11.8 Å². The van der Waals surface area contributed by atoms with Crippen molar-refractivity contribution < 1.29 is 4.74 Å². The minimum Gasteiger partial charge on any atom is -0.376 e. The molecule has 0 amide bonds. The molecular formula is C22H30N4O. The van der Waals surface area contributed by atoms with Gasteiger partial charge >= 0.3 is 0 Å². The Morgan fingerprint density at radius 1 is 1.11 bits per heavy atom. The van der Waals surface area contributed by atoms with Crippen molar-refractivity contribution in [1.29, 1.82) is 0 Å². The quantitative estimate of drug-likeness (QED) is 0.815. The van der Waals surface area contributed by atoms with Crippen LogP contribution in [0.2, 0.25) is 0 Å². The Morgan fingerprint density at radius 3 is 2.78 bits per heavy atom. The summed E-state index contributed by atoms with van der Waals surface area (Å²) in [6.45, 7) is 4.99. The zero-order valence-electron chi connectivity index (χ0n) is 16.2. The van der Waals surface area contributed by atoms with Gasteiger partial charge < -0.3 is 15.0 Å². The molecule has 0 radical (unpaired) electrons. The molecule has 0 saturated carbocycles. The van der Waals surface area contributed by atoms with E-state index in [1.165, 1.54) is 19.3 Å². The Kier molecular flexibility index (Phi) is 5.87. The fourth-order valence-corrected chi connectivity index (χ4v) is 4.12. The SMILES string of the molecule is CCC1CCCCN1c1nc(NCC2CCCO2)cc(-c2ccccc2)n1. The summed E-state index contributed by atoms with van der Waals surface area (Å²) in [5.41, 5.74) is 2.11. The molecule has 5 nitrogen and oxygen atoms in total. The molecule has 0 aliphatic carbocycles. The number of rotatable bonds is 6. The second-order valence-corrected chi connectivity index (χ2v) is 7.57. The Balaban J connectivity index is 1.63. The van der Waals surface area contributed by atoms with Crippen molar-refractivity contribution in [3.63, 3.8) is 0 Å². The molecular weight excluding hydrogens is 336 g/mol. The summed E-state index contributed by atoms with van der Waals surface area (Å²) < 4.78 is 5.75. The maximum atomic E-state index is 5.75. The first-order chi connectivity index (χ1) is 13.3. The van der Waals surface area contributed by atoms with E-state index in [4.69, 9.17) is 14.7 Å². The second kappa shape index (κ2) is 8.70. The second-order valence-electron chi connectivity index (χ2n) is 7.57. The molecule has 2 fully saturated rings. The lowest BCUT2D eigenvalue weighted by Gasteiger charge is -2.35. The number of hydrogen-bond acceptors (Lipinski definition) is 5. The maximum Gasteiger partial charge on any atom is 0.228 e. The number of benzene rings is 1. The van der Waals surface area contributed by atoms with Gasteiger partial charge in [-0.2, -0.15) is 4.98 Å². The van der Waals surface area contributed by atoms with Crippen molar-refractivity contribution >= 4 is 11.8 Å². The first-order valence-corrected chi connectivity index (χ1v) is 10.4. The van der Waals surface area contributed by atoms with E-state index >= 15 is 0 Å². The lowest BCUT2D eigenvalue weighted by molar-refractivity contribution is 0.120. The Morgan fingerprint density at radius 2 is 2.00 bits per heavy atom. The van der Waals surface area contributed by atoms with E-state index in [9.17, 15) is 0 Å². The van der Waals surface area contributed by atoms with Gasteiger partial charge in [-0.25, -0.2) is 4.98 Å². The van der Waals surface area contributed by atoms with Crippen molar-refractivity contribution in [2.75, 3.05) is 29.9 Å². The van der Waals surface area contributed by atoms with Crippen LogP contribution in [0.5, 0.6) is 0 Å². The minimum absolute atomic E-state index is 0.293. The number of ether oxygens (including phenoxy) is 1. The van der Waals surface area contributed by atoms with Crippen molar-refractivity contribution in [2.24, 2.45) is 0 Å². The van der Waals surface area contributed by atoms with Crippen LogP contribution in [0.15, 0.2) is 36.4 Å². The molecule has 0 spiro atoms. The number of nitrogens with zero attached hydrogens (tertiary/aromatic N) is 3. The molecule has 3 heterocycles. The molecule has 27 heavy (non-hydrogen) atoms. The Labute approximate surface area is 162 Å². The lowest BCUT2D eigenvalue weighted by Crippen LogP contribution is -2.40. The van der Waals surface area contributed by atoms with Crippen LogP contribution in [0.1, 0.15) is 45.4 Å². The van der Waals surface area contributed by atoms with Crippen LogP contribution in [-0.4, -0.2) is 41.8 Å². The van der Waals surface area contributed by atoms with E-state index in [-0.39, 0.29) is 0 Å². The predicted molar refractivity (Wildman–Crippen MR) is 110 cm³/mol. The normalized spacial score (nSPS) is 22.8. The molecule has 4 rings (SSSR count). The first kappa shape index (κ1) is 18.2. The van der Waals surface area contributed by atoms with E-state index in [2.05, 4.69) is 47.5 Å². The van der Waals surface area contributed by atoms with E-state index in [0.29, 0.717) is 12.1 Å². The molecule has 2 unspecified atom stereocenters. The summed E-state index contributed by atoms with van der Waals surface area (Å²) in [5.74, 6) is 1.76. The van der Waals surface area contributed by atoms with E-state index in [1.807, 2.05) is 6.07 Å². The van der Waals surface area contributed by atoms with Gasteiger partial charge in [0.15, 0.2) is 0 Å². The predicted octanol–water partition coefficient (Wildman–Crippen LogP) is 4.50. The van der Waals surface area contributed by atoms with Gasteiger partial charge in [-0.3, -0.25) is 0 Å². The fraction of sp³-hybridized carbons (Fsp3) is 0.545. The van der Waals surface area contributed by atoms with Crippen molar-refractivity contribution in [2.45, 2.75) is 57.6 Å². The maximum absolute atomic E-state index is 5.75. The zero-order valence-corrected chi connectivity index (χ0v) is 16.2. The monoisotopic (exact) mass is 366 g/mol. The molecule has 0 bridgehead atoms. The molecule has 2 aromatic rings. The van der Waals surface area contributed by atoms with Gasteiger partial charge in [-0.05, 0) is 38.5 Å². The summed E-state index contributed by atoms with van der Waals surface area (Å²) in [6.07, 6.45) is 7.46. The average molecular weight is 367 g/mol. The van der Waals surface area contributed by atoms with Crippen LogP contribution in [0.25, 0.3) is 11.3 Å². The van der Waals surface area contributed by atoms with Gasteiger partial charge in [0.25, 0.3) is 0 Å². The number of hydrogen-bond donors (Lipinski definition) is 1. The van der Waals surface area contributed by atoms with Crippen molar-refractivity contribution in [3.8, 4) is 11.3 Å². The zero-order chi connectivity index (χ0) is 18.5. The highest BCUT2D eigenvalue weighted by atomic mass is 16.5. The number of piperidine rings is 1. The highest BCUT2D eigenvalue weighted by Gasteiger charge is 2.24. The molecule has 1 aromatic heterocycles.